The highest BCUT2D eigenvalue weighted by Gasteiger charge is 2.33. The number of ether oxygens (including phenoxy) is 2. The third-order valence-corrected chi connectivity index (χ3v) is 4.45. The van der Waals surface area contributed by atoms with Crippen LogP contribution in [0.2, 0.25) is 5.02 Å². The van der Waals surface area contributed by atoms with E-state index in [0.717, 1.165) is 0 Å². The Morgan fingerprint density at radius 3 is 2.70 bits per heavy atom. The molecule has 3 heterocycles. The average Bonchev–Trinajstić information content (AvgIpc) is 2.83. The monoisotopic (exact) mass is 339 g/mol. The van der Waals surface area contributed by atoms with Crippen molar-refractivity contribution in [3.05, 3.63) is 37.6 Å². The highest BCUT2D eigenvalue weighted by Crippen LogP contribution is 2.23. The first-order chi connectivity index (χ1) is 10.7. The van der Waals surface area contributed by atoms with Crippen molar-refractivity contribution in [3.63, 3.8) is 0 Å². The fourth-order valence-corrected chi connectivity index (χ4v) is 3.00. The van der Waals surface area contributed by atoms with Crippen LogP contribution in [0.25, 0.3) is 11.0 Å². The molecule has 0 radical (unpaired) electrons. The zero-order valence-corrected chi connectivity index (χ0v) is 14.2. The van der Waals surface area contributed by atoms with Gasteiger partial charge >= 0.3 is 0 Å². The first-order valence-electron chi connectivity index (χ1n) is 7.27. The largest absolute Gasteiger partial charge is 0.348 e. The fraction of sp³-hybridized carbons (Fsp3) is 0.533. The summed E-state index contributed by atoms with van der Waals surface area (Å²) < 4.78 is 14.0. The van der Waals surface area contributed by atoms with E-state index >= 15 is 0 Å². The van der Waals surface area contributed by atoms with Crippen molar-refractivity contribution in [2.24, 2.45) is 7.05 Å². The van der Waals surface area contributed by atoms with Gasteiger partial charge in [-0.05, 0) is 20.8 Å². The Balaban J connectivity index is 2.10. The number of hydrogen-bond donors (Lipinski definition) is 0. The minimum absolute atomic E-state index is 0.152. The molecule has 2 aromatic rings. The summed E-state index contributed by atoms with van der Waals surface area (Å²) in [7, 11) is 1.57. The molecular weight excluding hydrogens is 322 g/mol. The van der Waals surface area contributed by atoms with Crippen molar-refractivity contribution in [3.8, 4) is 0 Å². The van der Waals surface area contributed by atoms with Crippen molar-refractivity contribution in [2.75, 3.05) is 6.61 Å². The second kappa shape index (κ2) is 5.43. The molecule has 23 heavy (non-hydrogen) atoms. The Labute approximate surface area is 137 Å². The summed E-state index contributed by atoms with van der Waals surface area (Å²) in [4.78, 5) is 29.0. The molecule has 1 saturated heterocycles. The van der Waals surface area contributed by atoms with Crippen LogP contribution in [0, 0.1) is 6.92 Å². The van der Waals surface area contributed by atoms with Crippen LogP contribution in [0.15, 0.2) is 15.9 Å². The van der Waals surface area contributed by atoms with Gasteiger partial charge in [-0.1, -0.05) is 11.6 Å². The number of hydrogen-bond acceptors (Lipinski definition) is 5. The summed E-state index contributed by atoms with van der Waals surface area (Å²) in [6.07, 6.45) is 1.17. The smallest absolute Gasteiger partial charge is 0.264 e. The van der Waals surface area contributed by atoms with Crippen LogP contribution in [0.4, 0.5) is 0 Å². The van der Waals surface area contributed by atoms with E-state index in [1.54, 1.807) is 14.0 Å². The Morgan fingerprint density at radius 2 is 2.09 bits per heavy atom. The predicted octanol–water partition coefficient (Wildman–Crippen LogP) is 1.21. The molecule has 1 aliphatic rings. The van der Waals surface area contributed by atoms with Crippen LogP contribution in [0.1, 0.15) is 19.4 Å². The second-order valence-corrected chi connectivity index (χ2v) is 6.53. The molecule has 0 aromatic carbocycles. The molecule has 0 spiro atoms. The first kappa shape index (κ1) is 16.2. The van der Waals surface area contributed by atoms with E-state index in [9.17, 15) is 9.59 Å². The van der Waals surface area contributed by atoms with E-state index in [4.69, 9.17) is 21.1 Å². The summed E-state index contributed by atoms with van der Waals surface area (Å²) in [5.41, 5.74) is 0.0455. The zero-order valence-electron chi connectivity index (χ0n) is 13.4. The topological polar surface area (TPSA) is 75.3 Å². The van der Waals surface area contributed by atoms with Crippen molar-refractivity contribution in [2.45, 2.75) is 39.2 Å². The summed E-state index contributed by atoms with van der Waals surface area (Å²) in [6.45, 7) is 5.95. The maximum Gasteiger partial charge on any atom is 0.264 e. The molecule has 0 unspecified atom stereocenters. The first-order valence-corrected chi connectivity index (χ1v) is 7.65. The molecule has 1 atom stereocenters. The van der Waals surface area contributed by atoms with Crippen LogP contribution >= 0.6 is 11.6 Å². The molecule has 7 nitrogen and oxygen atoms in total. The van der Waals surface area contributed by atoms with Crippen LogP contribution < -0.4 is 11.1 Å². The van der Waals surface area contributed by atoms with E-state index < -0.39 is 5.79 Å². The van der Waals surface area contributed by atoms with Crippen molar-refractivity contribution in [1.82, 2.24) is 14.1 Å². The molecule has 0 N–H and O–H groups in total. The van der Waals surface area contributed by atoms with Gasteiger partial charge in [-0.25, -0.2) is 4.98 Å². The van der Waals surface area contributed by atoms with Gasteiger partial charge < -0.3 is 9.47 Å². The van der Waals surface area contributed by atoms with E-state index in [-0.39, 0.29) is 33.3 Å². The number of halogens is 1. The third-order valence-electron chi connectivity index (χ3n) is 3.98. The summed E-state index contributed by atoms with van der Waals surface area (Å²) in [5, 5.41) is 0.394. The summed E-state index contributed by atoms with van der Waals surface area (Å²) in [6, 6.07) is 0. The van der Waals surface area contributed by atoms with E-state index in [1.807, 2.05) is 13.8 Å². The SMILES string of the molecule is Cc1c(Cl)c2c(=O)n(C[C@@H]3COC(C)(C)O3)cnc2n(C)c1=O. The molecule has 2 aromatic heterocycles. The quantitative estimate of drug-likeness (QED) is 0.822. The molecule has 0 bridgehead atoms. The van der Waals surface area contributed by atoms with E-state index in [2.05, 4.69) is 4.98 Å². The van der Waals surface area contributed by atoms with Gasteiger partial charge in [0.1, 0.15) is 11.5 Å². The number of aromatic nitrogens is 3. The van der Waals surface area contributed by atoms with Crippen molar-refractivity contribution >= 4 is 22.6 Å². The highest BCUT2D eigenvalue weighted by atomic mass is 35.5. The lowest BCUT2D eigenvalue weighted by Gasteiger charge is -2.17. The van der Waals surface area contributed by atoms with Gasteiger partial charge in [-0.15, -0.1) is 0 Å². The van der Waals surface area contributed by atoms with E-state index in [0.29, 0.717) is 18.7 Å². The number of aryl methyl sites for hydroxylation is 1. The van der Waals surface area contributed by atoms with Gasteiger partial charge in [0.15, 0.2) is 11.4 Å². The van der Waals surface area contributed by atoms with Gasteiger partial charge in [-0.3, -0.25) is 18.7 Å². The number of rotatable bonds is 2. The fourth-order valence-electron chi connectivity index (χ4n) is 2.76. The lowest BCUT2D eigenvalue weighted by Crippen LogP contribution is -2.32. The van der Waals surface area contributed by atoms with Crippen LogP contribution in [0.5, 0.6) is 0 Å². The molecule has 8 heteroatoms. The molecule has 1 fully saturated rings. The van der Waals surface area contributed by atoms with Crippen LogP contribution in [-0.4, -0.2) is 32.6 Å². The molecule has 3 rings (SSSR count). The van der Waals surface area contributed by atoms with Gasteiger partial charge in [0, 0.05) is 12.6 Å². The maximum atomic E-state index is 12.7. The number of pyridine rings is 1. The van der Waals surface area contributed by atoms with Gasteiger partial charge in [0.2, 0.25) is 0 Å². The van der Waals surface area contributed by atoms with E-state index in [1.165, 1.54) is 15.5 Å². The van der Waals surface area contributed by atoms with Crippen molar-refractivity contribution < 1.29 is 9.47 Å². The third kappa shape index (κ3) is 2.69. The minimum Gasteiger partial charge on any atom is -0.348 e. The number of nitrogens with zero attached hydrogens (tertiary/aromatic N) is 3. The second-order valence-electron chi connectivity index (χ2n) is 6.15. The summed E-state index contributed by atoms with van der Waals surface area (Å²) >= 11 is 6.22. The Hall–Kier alpha value is -1.70. The maximum absolute atomic E-state index is 12.7. The molecule has 0 amide bonds. The van der Waals surface area contributed by atoms with Gasteiger partial charge in [0.25, 0.3) is 11.1 Å². The highest BCUT2D eigenvalue weighted by molar-refractivity contribution is 6.35. The molecular formula is C15H18ClN3O4. The van der Waals surface area contributed by atoms with Crippen LogP contribution in [-0.2, 0) is 23.1 Å². The average molecular weight is 340 g/mol. The molecule has 124 valence electrons. The lowest BCUT2D eigenvalue weighted by molar-refractivity contribution is -0.139. The minimum atomic E-state index is -0.656. The number of fused-ring (bicyclic) bond motifs is 1. The zero-order chi connectivity index (χ0) is 16.9. The lowest BCUT2D eigenvalue weighted by atomic mass is 10.2. The van der Waals surface area contributed by atoms with Crippen LogP contribution in [0.3, 0.4) is 0 Å². The van der Waals surface area contributed by atoms with Gasteiger partial charge in [0.05, 0.1) is 24.5 Å². The van der Waals surface area contributed by atoms with Crippen molar-refractivity contribution in [1.29, 1.82) is 0 Å². The Kier molecular flexibility index (Phi) is 3.82. The molecule has 1 aliphatic heterocycles. The summed E-state index contributed by atoms with van der Waals surface area (Å²) in [5.74, 6) is -0.656. The molecule has 0 saturated carbocycles. The normalized spacial score (nSPS) is 20.3. The van der Waals surface area contributed by atoms with Gasteiger partial charge in [-0.2, -0.15) is 0 Å². The Morgan fingerprint density at radius 1 is 1.39 bits per heavy atom. The molecule has 0 aliphatic carbocycles. The predicted molar refractivity (Wildman–Crippen MR) is 85.9 cm³/mol. The standard InChI is InChI=1S/C15H18ClN3O4/c1-8-11(16)10-12(18(4)13(8)20)17-7-19(14(10)21)5-9-6-22-15(2,3)23-9/h7,9H,5-6H2,1-4H3/t9-/m1/s1. The Bertz CT molecular complexity index is 900.